The molecule has 0 saturated heterocycles. The van der Waals surface area contributed by atoms with Crippen molar-refractivity contribution in [3.8, 4) is 0 Å². The summed E-state index contributed by atoms with van der Waals surface area (Å²) in [6.45, 7) is 0. The van der Waals surface area contributed by atoms with Gasteiger partial charge in [-0.25, -0.2) is 0 Å². The number of rotatable bonds is 0. The van der Waals surface area contributed by atoms with Crippen molar-refractivity contribution in [1.29, 1.82) is 0 Å². The molecule has 2 atom stereocenters. The van der Waals surface area contributed by atoms with E-state index in [2.05, 4.69) is 0 Å². The molecule has 1 rings (SSSR count). The average Bonchev–Trinajstić information content (AvgIpc) is 2.19. The third-order valence-electron chi connectivity index (χ3n) is 0.675. The maximum Gasteiger partial charge on any atom is 1.04 e. The quantitative estimate of drug-likeness (QED) is 0.318. The van der Waals surface area contributed by atoms with Crippen LogP contribution >= 0.6 is 0 Å². The van der Waals surface area contributed by atoms with E-state index >= 15 is 0 Å². The van der Waals surface area contributed by atoms with Gasteiger partial charge in [0.1, 0.15) is 0 Å². The molecule has 66 valence electrons. The first-order valence-corrected chi connectivity index (χ1v) is 4.15. The van der Waals surface area contributed by atoms with Crippen LogP contribution in [0.2, 0.25) is 0 Å². The molecule has 0 aromatic heterocycles. The van der Waals surface area contributed by atoms with E-state index in [1.54, 1.807) is 0 Å². The number of hydrogen-bond donors (Lipinski definition) is 0. The number of alkyl halides is 2. The van der Waals surface area contributed by atoms with Crippen LogP contribution in [0.15, 0.2) is 0 Å². The molecule has 0 aromatic carbocycles. The Hall–Kier alpha value is -0.0875. The molecule has 0 radical (unpaired) electrons. The third kappa shape index (κ3) is 6.32. The van der Waals surface area contributed by atoms with Gasteiger partial charge in [-0.05, 0) is 4.39 Å². The molecule has 0 nitrogen and oxygen atoms in total. The Bertz CT molecular complexity index is 95.1. The lowest BCUT2D eigenvalue weighted by molar-refractivity contribution is 0.368. The second kappa shape index (κ2) is 3.54. The summed E-state index contributed by atoms with van der Waals surface area (Å²) in [5.41, 5.74) is 0. The predicted octanol–water partition coefficient (Wildman–Crippen LogP) is 2.48. The largest absolute Gasteiger partial charge is 1.04 e. The number of hydrogen-bond acceptors (Lipinski definition) is 0. The molecule has 1 aliphatic rings. The third-order valence-corrected chi connectivity index (χ3v) is 0.675. The van der Waals surface area contributed by atoms with E-state index in [1.165, 1.54) is 0 Å². The molecule has 11 heavy (non-hydrogen) atoms. The van der Waals surface area contributed by atoms with E-state index in [0.29, 0.717) is 0 Å². The van der Waals surface area contributed by atoms with Crippen molar-refractivity contribution in [2.75, 3.05) is 0 Å². The molecule has 0 spiro atoms. The molecule has 1 aliphatic carbocycles. The van der Waals surface area contributed by atoms with Crippen molar-refractivity contribution in [2.24, 2.45) is 0 Å². The first-order chi connectivity index (χ1) is 4.73. The summed E-state index contributed by atoms with van der Waals surface area (Å²) < 4.78 is 72.7. The van der Waals surface area contributed by atoms with Crippen LogP contribution in [-0.2, 0) is 0 Å². The van der Waals surface area contributed by atoms with Crippen molar-refractivity contribution in [1.82, 2.24) is 0 Å². The molecule has 1 saturated carbocycles. The van der Waals surface area contributed by atoms with E-state index in [9.17, 15) is 27.3 Å². The van der Waals surface area contributed by atoms with Gasteiger partial charge in [0.25, 0.3) is 0 Å². The van der Waals surface area contributed by atoms with Gasteiger partial charge >= 0.3 is 33.4 Å². The Labute approximate surface area is 61.6 Å². The van der Waals surface area contributed by atoms with Crippen molar-refractivity contribution in [3.63, 3.8) is 0 Å². The zero-order valence-corrected chi connectivity index (χ0v) is 6.03. The molecule has 0 N–H and O–H groups in total. The van der Waals surface area contributed by atoms with Gasteiger partial charge in [0.15, 0.2) is 0 Å². The van der Waals surface area contributed by atoms with Gasteiger partial charge in [0.05, 0.1) is 0 Å². The second-order valence-corrected chi connectivity index (χ2v) is 2.67. The summed E-state index contributed by atoms with van der Waals surface area (Å²) in [4.78, 5) is 0. The molecule has 0 bridgehead atoms. The van der Waals surface area contributed by atoms with Crippen LogP contribution in [0.4, 0.5) is 27.3 Å². The summed E-state index contributed by atoms with van der Waals surface area (Å²) in [7, 11) is 0. The minimum atomic E-state index is -6.83. The van der Waals surface area contributed by atoms with Gasteiger partial charge in [0.2, 0.25) is 0 Å². The maximum absolute atomic E-state index is 11.1. The van der Waals surface area contributed by atoms with Crippen LogP contribution in [0.25, 0.3) is 0 Å². The topological polar surface area (TPSA) is 0 Å². The van der Waals surface area contributed by atoms with E-state index in [0.717, 1.165) is 0 Å². The molecule has 0 amide bonds. The Balaban J connectivity index is 0.000000187. The molecular weight excluding hydrogens is 196 g/mol. The highest BCUT2D eigenvalue weighted by Gasteiger charge is 2.72. The highest BCUT2D eigenvalue weighted by molar-refractivity contribution is 6.50. The Kier molecular flexibility index (Phi) is 3.51. The fourth-order valence-electron chi connectivity index (χ4n) is 0.176. The van der Waals surface area contributed by atoms with Gasteiger partial charge in [-0.3, -0.25) is 0 Å². The van der Waals surface area contributed by atoms with E-state index in [4.69, 9.17) is 0 Å². The highest BCUT2D eigenvalue weighted by atomic mass is 27.5. The van der Waals surface area contributed by atoms with Crippen molar-refractivity contribution in [2.45, 2.75) is 12.3 Å². The maximum atomic E-state index is 11.1. The zero-order valence-electron chi connectivity index (χ0n) is 4.88. The van der Waals surface area contributed by atoms with Crippen molar-refractivity contribution in [3.05, 3.63) is 6.17 Å². The van der Waals surface area contributed by atoms with E-state index in [-0.39, 0.29) is 0 Å². The first-order valence-electron chi connectivity index (χ1n) is 2.41. The average molecular weight is 198 g/mol. The lowest BCUT2D eigenvalue weighted by atomic mass is 10.9. The highest BCUT2D eigenvalue weighted by Crippen LogP contribution is 2.40. The summed E-state index contributed by atoms with van der Waals surface area (Å²) in [5.74, 6) is 0. The molecule has 1 fully saturated rings. The van der Waals surface area contributed by atoms with E-state index < -0.39 is 33.4 Å². The van der Waals surface area contributed by atoms with Crippen LogP contribution < -0.4 is 0 Å². The van der Waals surface area contributed by atoms with Crippen molar-refractivity contribution >= 4 is 14.9 Å². The van der Waals surface area contributed by atoms with Crippen LogP contribution in [0.3, 0.4) is 0 Å². The minimum absolute atomic E-state index is 1.16. The lowest BCUT2D eigenvalue weighted by Gasteiger charge is -1.88. The minimum Gasteiger partial charge on any atom is -0.510 e. The summed E-state index contributed by atoms with van der Waals surface area (Å²) >= 11 is -6.83. The molecule has 0 aromatic rings. The van der Waals surface area contributed by atoms with Gasteiger partial charge in [-0.1, -0.05) is 0 Å². The molecule has 0 aliphatic heterocycles. The van der Waals surface area contributed by atoms with Gasteiger partial charge in [-0.15, -0.1) is 0 Å². The number of halogens is 7. The first kappa shape index (κ1) is 10.9. The fourth-order valence-corrected chi connectivity index (χ4v) is 0.176. The van der Waals surface area contributed by atoms with Gasteiger partial charge in [-0.2, -0.15) is 8.78 Å². The molecule has 2 unspecified atom stereocenters. The van der Waals surface area contributed by atoms with Crippen LogP contribution in [0.5, 0.6) is 0 Å². The molecular formula is C3H2AlF7. The van der Waals surface area contributed by atoms with E-state index in [1.807, 2.05) is 0 Å². The van der Waals surface area contributed by atoms with Crippen LogP contribution in [0.1, 0.15) is 0 Å². The normalized spacial score (nSPS) is 29.2. The zero-order chi connectivity index (χ0) is 9.23. The fraction of sp³-hybridized carbons (Fsp3) is 0.667. The summed E-state index contributed by atoms with van der Waals surface area (Å²) in [6.07, 6.45) is -4.95. The van der Waals surface area contributed by atoms with Crippen LogP contribution in [-0.4, -0.2) is 27.3 Å². The summed E-state index contributed by atoms with van der Waals surface area (Å²) in [5, 5.41) is 0. The lowest BCUT2D eigenvalue weighted by Crippen LogP contribution is -2.02. The standard InChI is InChI=1S/C3H2F3.Al.4FH/c4-1-2(5)3(1)6;;;;;/h1-2H;;4*1H/q+1;+3;;;;/p-4. The van der Waals surface area contributed by atoms with Gasteiger partial charge in [0, 0.05) is 0 Å². The van der Waals surface area contributed by atoms with Crippen LogP contribution in [0, 0.1) is 6.17 Å². The Morgan fingerprint density at radius 2 is 1.00 bits per heavy atom. The SMILES string of the molecule is F[C+]1C(F)C1F.[F][Al-]([F])([F])[F]. The monoisotopic (exact) mass is 198 g/mol. The smallest absolute Gasteiger partial charge is 0.510 e. The van der Waals surface area contributed by atoms with Gasteiger partial charge < -0.3 is 14.1 Å². The second-order valence-electron chi connectivity index (χ2n) is 1.68. The predicted molar refractivity (Wildman–Crippen MR) is 24.3 cm³/mol. The Morgan fingerprint density at radius 1 is 0.909 bits per heavy atom. The summed E-state index contributed by atoms with van der Waals surface area (Å²) in [6, 6.07) is 0. The van der Waals surface area contributed by atoms with Crippen molar-refractivity contribution < 1.29 is 27.3 Å². The molecule has 0 heterocycles. The Morgan fingerprint density at radius 3 is 1.00 bits per heavy atom. The molecule has 8 heteroatoms.